The lowest BCUT2D eigenvalue weighted by Gasteiger charge is -2.09. The largest absolute Gasteiger partial charge is 0.477 e. The van der Waals surface area contributed by atoms with Crippen LogP contribution in [0.25, 0.3) is 11.0 Å². The second kappa shape index (κ2) is 5.08. The Morgan fingerprint density at radius 1 is 1.23 bits per heavy atom. The molecule has 0 unspecified atom stereocenters. The summed E-state index contributed by atoms with van der Waals surface area (Å²) in [6.45, 7) is 0. The molecule has 112 valence electrons. The highest BCUT2D eigenvalue weighted by Crippen LogP contribution is 2.25. The number of carboxylic acid groups (broad SMARTS) is 1. The van der Waals surface area contributed by atoms with Crippen molar-refractivity contribution in [3.8, 4) is 0 Å². The SMILES string of the molecule is O=C(O)c1cc2cnc(Cl)nc2n1S(=O)(=O)c1ccccc1. The normalized spacial score (nSPS) is 11.7. The summed E-state index contributed by atoms with van der Waals surface area (Å²) in [6, 6.07) is 8.67. The molecule has 0 saturated heterocycles. The lowest BCUT2D eigenvalue weighted by Crippen LogP contribution is -2.18. The van der Waals surface area contributed by atoms with Crippen molar-refractivity contribution in [3.05, 3.63) is 53.6 Å². The quantitative estimate of drug-likeness (QED) is 0.733. The Labute approximate surface area is 129 Å². The molecule has 0 fully saturated rings. The number of fused-ring (bicyclic) bond motifs is 1. The number of hydrogen-bond acceptors (Lipinski definition) is 5. The van der Waals surface area contributed by atoms with Gasteiger partial charge >= 0.3 is 5.97 Å². The van der Waals surface area contributed by atoms with Gasteiger partial charge in [-0.1, -0.05) is 18.2 Å². The van der Waals surface area contributed by atoms with E-state index in [1.54, 1.807) is 18.2 Å². The van der Waals surface area contributed by atoms with Crippen LogP contribution in [-0.2, 0) is 10.0 Å². The van der Waals surface area contributed by atoms with Gasteiger partial charge in [0.1, 0.15) is 5.69 Å². The lowest BCUT2D eigenvalue weighted by molar-refractivity contribution is 0.0689. The van der Waals surface area contributed by atoms with Gasteiger partial charge in [-0.25, -0.2) is 22.2 Å². The van der Waals surface area contributed by atoms with Crippen molar-refractivity contribution in [2.75, 3.05) is 0 Å². The van der Waals surface area contributed by atoms with Crippen LogP contribution in [0.3, 0.4) is 0 Å². The van der Waals surface area contributed by atoms with Crippen molar-refractivity contribution in [2.24, 2.45) is 0 Å². The van der Waals surface area contributed by atoms with Gasteiger partial charge in [0.15, 0.2) is 5.65 Å². The van der Waals surface area contributed by atoms with Gasteiger partial charge in [0.25, 0.3) is 10.0 Å². The Morgan fingerprint density at radius 2 is 1.91 bits per heavy atom. The molecule has 3 rings (SSSR count). The minimum Gasteiger partial charge on any atom is -0.477 e. The molecule has 1 N–H and O–H groups in total. The van der Waals surface area contributed by atoms with E-state index in [9.17, 15) is 18.3 Å². The third-order valence-corrected chi connectivity index (χ3v) is 4.87. The maximum absolute atomic E-state index is 12.7. The van der Waals surface area contributed by atoms with Crippen LogP contribution < -0.4 is 0 Å². The summed E-state index contributed by atoms with van der Waals surface area (Å²) >= 11 is 5.70. The van der Waals surface area contributed by atoms with Crippen molar-refractivity contribution in [1.82, 2.24) is 13.9 Å². The predicted octanol–water partition coefficient (Wildman–Crippen LogP) is 2.02. The van der Waals surface area contributed by atoms with Crippen LogP contribution in [0.2, 0.25) is 5.28 Å². The lowest BCUT2D eigenvalue weighted by atomic mass is 10.4. The second-order valence-corrected chi connectivity index (χ2v) is 6.46. The highest BCUT2D eigenvalue weighted by atomic mass is 35.5. The fourth-order valence-electron chi connectivity index (χ4n) is 2.04. The minimum absolute atomic E-state index is 0.0512. The van der Waals surface area contributed by atoms with Gasteiger partial charge in [-0.05, 0) is 29.8 Å². The fourth-order valence-corrected chi connectivity index (χ4v) is 3.64. The predicted molar refractivity (Wildman–Crippen MR) is 78.5 cm³/mol. The first kappa shape index (κ1) is 14.5. The molecule has 2 aromatic heterocycles. The van der Waals surface area contributed by atoms with Crippen LogP contribution in [0.15, 0.2) is 47.5 Å². The van der Waals surface area contributed by atoms with Crippen molar-refractivity contribution < 1.29 is 18.3 Å². The van der Waals surface area contributed by atoms with Crippen LogP contribution in [0.4, 0.5) is 0 Å². The van der Waals surface area contributed by atoms with Gasteiger partial charge in [0, 0.05) is 11.6 Å². The molecular weight excluding hydrogens is 330 g/mol. The van der Waals surface area contributed by atoms with Crippen molar-refractivity contribution in [2.45, 2.75) is 4.90 Å². The average Bonchev–Trinajstić information content (AvgIpc) is 2.87. The molecule has 0 aliphatic rings. The summed E-state index contributed by atoms with van der Waals surface area (Å²) in [7, 11) is -4.13. The molecule has 22 heavy (non-hydrogen) atoms. The monoisotopic (exact) mass is 337 g/mol. The van der Waals surface area contributed by atoms with E-state index < -0.39 is 21.7 Å². The minimum atomic E-state index is -4.13. The Kier molecular flexibility index (Phi) is 3.34. The fraction of sp³-hybridized carbons (Fsp3) is 0. The van der Waals surface area contributed by atoms with Crippen LogP contribution in [-0.4, -0.2) is 33.4 Å². The summed E-state index contributed by atoms with van der Waals surface area (Å²) in [5.74, 6) is -1.39. The van der Waals surface area contributed by atoms with E-state index in [0.29, 0.717) is 3.97 Å². The zero-order valence-electron chi connectivity index (χ0n) is 10.8. The Hall–Kier alpha value is -2.45. The van der Waals surface area contributed by atoms with E-state index in [2.05, 4.69) is 9.97 Å². The van der Waals surface area contributed by atoms with E-state index >= 15 is 0 Å². The summed E-state index contributed by atoms with van der Waals surface area (Å²) in [4.78, 5) is 18.9. The molecule has 0 aliphatic carbocycles. The first-order valence-electron chi connectivity index (χ1n) is 5.99. The Balaban J connectivity index is 2.41. The molecule has 2 heterocycles. The number of aromatic nitrogens is 3. The van der Waals surface area contributed by atoms with E-state index in [1.165, 1.54) is 24.4 Å². The maximum Gasteiger partial charge on any atom is 0.353 e. The zero-order valence-corrected chi connectivity index (χ0v) is 12.4. The smallest absolute Gasteiger partial charge is 0.353 e. The Bertz CT molecular complexity index is 983. The van der Waals surface area contributed by atoms with Gasteiger partial charge in [-0.15, -0.1) is 0 Å². The molecule has 0 aliphatic heterocycles. The number of carbonyl (C=O) groups is 1. The number of hydrogen-bond donors (Lipinski definition) is 1. The van der Waals surface area contributed by atoms with E-state index in [1.807, 2.05) is 0 Å². The maximum atomic E-state index is 12.7. The molecule has 0 amide bonds. The third-order valence-electron chi connectivity index (χ3n) is 2.97. The molecule has 0 bridgehead atoms. The van der Waals surface area contributed by atoms with Crippen molar-refractivity contribution in [1.29, 1.82) is 0 Å². The van der Waals surface area contributed by atoms with Crippen LogP contribution in [0.1, 0.15) is 10.5 Å². The number of halogens is 1. The van der Waals surface area contributed by atoms with E-state index in [0.717, 1.165) is 0 Å². The molecule has 0 radical (unpaired) electrons. The first-order chi connectivity index (χ1) is 10.4. The van der Waals surface area contributed by atoms with E-state index in [-0.39, 0.29) is 21.2 Å². The standard InChI is InChI=1S/C13H8ClN3O4S/c14-13-15-7-8-6-10(12(18)19)17(11(8)16-13)22(20,21)9-4-2-1-3-5-9/h1-7H,(H,18,19). The number of rotatable bonds is 3. The van der Waals surface area contributed by atoms with Crippen LogP contribution >= 0.6 is 11.6 Å². The summed E-state index contributed by atoms with van der Waals surface area (Å²) in [5.41, 5.74) is -0.517. The first-order valence-corrected chi connectivity index (χ1v) is 7.81. The highest BCUT2D eigenvalue weighted by Gasteiger charge is 2.27. The van der Waals surface area contributed by atoms with Crippen LogP contribution in [0, 0.1) is 0 Å². The highest BCUT2D eigenvalue weighted by molar-refractivity contribution is 7.90. The topological polar surface area (TPSA) is 102 Å². The molecular formula is C13H8ClN3O4S. The van der Waals surface area contributed by atoms with Gasteiger partial charge in [-0.3, -0.25) is 0 Å². The van der Waals surface area contributed by atoms with Gasteiger partial charge in [0.05, 0.1) is 4.90 Å². The van der Waals surface area contributed by atoms with Gasteiger partial charge < -0.3 is 5.11 Å². The zero-order chi connectivity index (χ0) is 15.9. The molecule has 3 aromatic rings. The number of carboxylic acids is 1. The molecule has 9 heteroatoms. The Morgan fingerprint density at radius 3 is 2.55 bits per heavy atom. The number of aromatic carboxylic acids is 1. The molecule has 0 saturated carbocycles. The number of nitrogens with zero attached hydrogens (tertiary/aromatic N) is 3. The number of benzene rings is 1. The molecule has 0 spiro atoms. The molecule has 0 atom stereocenters. The van der Waals surface area contributed by atoms with Gasteiger partial charge in [-0.2, -0.15) is 4.98 Å². The second-order valence-electron chi connectivity index (χ2n) is 4.34. The van der Waals surface area contributed by atoms with Crippen molar-refractivity contribution >= 4 is 38.6 Å². The average molecular weight is 338 g/mol. The summed E-state index contributed by atoms with van der Waals surface area (Å²) in [5, 5.41) is 9.37. The van der Waals surface area contributed by atoms with Crippen LogP contribution in [0.5, 0.6) is 0 Å². The summed E-state index contributed by atoms with van der Waals surface area (Å²) < 4.78 is 26.1. The third kappa shape index (κ3) is 2.22. The molecule has 1 aromatic carbocycles. The molecule has 7 nitrogen and oxygen atoms in total. The van der Waals surface area contributed by atoms with Gasteiger partial charge in [0.2, 0.25) is 5.28 Å². The van der Waals surface area contributed by atoms with E-state index in [4.69, 9.17) is 11.6 Å². The van der Waals surface area contributed by atoms with Crippen molar-refractivity contribution in [3.63, 3.8) is 0 Å². The summed E-state index contributed by atoms with van der Waals surface area (Å²) in [6.07, 6.45) is 1.27.